The van der Waals surface area contributed by atoms with Gasteiger partial charge in [0, 0.05) is 5.92 Å². The van der Waals surface area contributed by atoms with Crippen molar-refractivity contribution in [1.29, 1.82) is 0 Å². The number of nitrogens with zero attached hydrogens (tertiary/aromatic N) is 3. The molecular formula is C10H15N3O2. The van der Waals surface area contributed by atoms with Gasteiger partial charge in [-0.25, -0.2) is 4.79 Å². The highest BCUT2D eigenvalue weighted by Gasteiger charge is 2.47. The molecule has 0 amide bonds. The van der Waals surface area contributed by atoms with Crippen molar-refractivity contribution in [3.05, 3.63) is 12.2 Å². The Bertz CT molecular complexity index is 380. The maximum Gasteiger partial charge on any atom is 0.329 e. The molecule has 5 nitrogen and oxygen atoms in total. The molecule has 1 heterocycles. The number of rotatable bonds is 3. The summed E-state index contributed by atoms with van der Waals surface area (Å²) in [6.07, 6.45) is 3.87. The lowest BCUT2D eigenvalue weighted by atomic mass is 9.76. The number of hydrogen-bond donors (Lipinski definition) is 1. The van der Waals surface area contributed by atoms with Crippen molar-refractivity contribution in [3.8, 4) is 0 Å². The number of aromatic nitrogens is 3. The van der Waals surface area contributed by atoms with Crippen LogP contribution in [0.4, 0.5) is 0 Å². The third-order valence-electron chi connectivity index (χ3n) is 3.13. The van der Waals surface area contributed by atoms with Gasteiger partial charge in [0.15, 0.2) is 0 Å². The van der Waals surface area contributed by atoms with Crippen LogP contribution in [0.3, 0.4) is 0 Å². The van der Waals surface area contributed by atoms with Gasteiger partial charge in [0.2, 0.25) is 0 Å². The van der Waals surface area contributed by atoms with Gasteiger partial charge in [0.05, 0.1) is 0 Å². The van der Waals surface area contributed by atoms with E-state index in [9.17, 15) is 9.90 Å². The average molecular weight is 209 g/mol. The van der Waals surface area contributed by atoms with Crippen LogP contribution >= 0.6 is 0 Å². The molecule has 1 fully saturated rings. The summed E-state index contributed by atoms with van der Waals surface area (Å²) in [5, 5.41) is 17.1. The molecule has 1 aliphatic carbocycles. The number of carbonyl (C=O) groups is 1. The van der Waals surface area contributed by atoms with E-state index in [-0.39, 0.29) is 5.92 Å². The molecule has 15 heavy (non-hydrogen) atoms. The van der Waals surface area contributed by atoms with Gasteiger partial charge in [-0.05, 0) is 19.3 Å². The Hall–Kier alpha value is -1.39. The van der Waals surface area contributed by atoms with E-state index < -0.39 is 11.5 Å². The highest BCUT2D eigenvalue weighted by atomic mass is 16.4. The first-order valence-corrected chi connectivity index (χ1v) is 5.22. The van der Waals surface area contributed by atoms with Gasteiger partial charge >= 0.3 is 5.97 Å². The van der Waals surface area contributed by atoms with E-state index in [1.54, 1.807) is 10.9 Å². The standard InChI is InChI=1S/C10H15N3O2/c1-7(2)8-12-11-6-13(8)10(9(14)15)4-3-5-10/h6-7H,3-5H2,1-2H3,(H,14,15). The lowest BCUT2D eigenvalue weighted by Gasteiger charge is -2.39. The molecule has 0 atom stereocenters. The van der Waals surface area contributed by atoms with Gasteiger partial charge in [0.1, 0.15) is 17.7 Å². The molecule has 5 heteroatoms. The van der Waals surface area contributed by atoms with Crippen molar-refractivity contribution in [3.63, 3.8) is 0 Å². The molecule has 0 aliphatic heterocycles. The zero-order valence-electron chi connectivity index (χ0n) is 8.97. The summed E-state index contributed by atoms with van der Waals surface area (Å²) in [6, 6.07) is 0. The molecule has 1 N–H and O–H groups in total. The van der Waals surface area contributed by atoms with Crippen molar-refractivity contribution in [2.24, 2.45) is 0 Å². The van der Waals surface area contributed by atoms with Crippen molar-refractivity contribution in [1.82, 2.24) is 14.8 Å². The Morgan fingerprint density at radius 1 is 1.60 bits per heavy atom. The molecule has 0 spiro atoms. The lowest BCUT2D eigenvalue weighted by molar-refractivity contribution is -0.152. The van der Waals surface area contributed by atoms with Crippen molar-refractivity contribution < 1.29 is 9.90 Å². The molecule has 0 unspecified atom stereocenters. The maximum atomic E-state index is 11.3. The number of aliphatic carboxylic acids is 1. The number of carboxylic acids is 1. The Labute approximate surface area is 88.1 Å². The second kappa shape index (κ2) is 3.32. The van der Waals surface area contributed by atoms with E-state index >= 15 is 0 Å². The Balaban J connectivity index is 2.43. The molecule has 1 aromatic rings. The zero-order chi connectivity index (χ0) is 11.1. The summed E-state index contributed by atoms with van der Waals surface area (Å²) in [4.78, 5) is 11.3. The summed E-state index contributed by atoms with van der Waals surface area (Å²) >= 11 is 0. The molecule has 1 saturated carbocycles. The van der Waals surface area contributed by atoms with Gasteiger partial charge in [-0.15, -0.1) is 10.2 Å². The first-order valence-electron chi connectivity index (χ1n) is 5.22. The van der Waals surface area contributed by atoms with Crippen LogP contribution in [-0.2, 0) is 10.3 Å². The summed E-state index contributed by atoms with van der Waals surface area (Å²) < 4.78 is 1.74. The highest BCUT2D eigenvalue weighted by molar-refractivity contribution is 5.78. The summed E-state index contributed by atoms with van der Waals surface area (Å²) in [5.74, 6) is 0.192. The van der Waals surface area contributed by atoms with E-state index in [0.717, 1.165) is 12.2 Å². The third-order valence-corrected chi connectivity index (χ3v) is 3.13. The van der Waals surface area contributed by atoms with Gasteiger partial charge in [-0.1, -0.05) is 13.8 Å². The van der Waals surface area contributed by atoms with Gasteiger partial charge in [-0.2, -0.15) is 0 Å². The molecular weight excluding hydrogens is 194 g/mol. The summed E-state index contributed by atoms with van der Waals surface area (Å²) in [5.41, 5.74) is -0.775. The maximum absolute atomic E-state index is 11.3. The topological polar surface area (TPSA) is 68.0 Å². The second-order valence-electron chi connectivity index (χ2n) is 4.40. The fourth-order valence-electron chi connectivity index (χ4n) is 2.04. The largest absolute Gasteiger partial charge is 0.479 e. The Kier molecular flexibility index (Phi) is 2.25. The molecule has 1 aromatic heterocycles. The second-order valence-corrected chi connectivity index (χ2v) is 4.40. The van der Waals surface area contributed by atoms with Crippen LogP contribution in [0.15, 0.2) is 6.33 Å². The van der Waals surface area contributed by atoms with E-state index in [2.05, 4.69) is 10.2 Å². The summed E-state index contributed by atoms with van der Waals surface area (Å²) in [6.45, 7) is 3.99. The highest BCUT2D eigenvalue weighted by Crippen LogP contribution is 2.40. The average Bonchev–Trinajstić information content (AvgIpc) is 2.49. The minimum Gasteiger partial charge on any atom is -0.479 e. The van der Waals surface area contributed by atoms with Crippen LogP contribution in [0.25, 0.3) is 0 Å². The number of hydrogen-bond acceptors (Lipinski definition) is 3. The molecule has 0 bridgehead atoms. The Morgan fingerprint density at radius 3 is 2.67 bits per heavy atom. The monoisotopic (exact) mass is 209 g/mol. The molecule has 82 valence electrons. The zero-order valence-corrected chi connectivity index (χ0v) is 8.97. The van der Waals surface area contributed by atoms with Crippen molar-refractivity contribution in [2.75, 3.05) is 0 Å². The molecule has 1 aliphatic rings. The van der Waals surface area contributed by atoms with Gasteiger partial charge < -0.3 is 9.67 Å². The third kappa shape index (κ3) is 1.33. The predicted octanol–water partition coefficient (Wildman–Crippen LogP) is 1.37. The molecule has 2 rings (SSSR count). The van der Waals surface area contributed by atoms with Crippen LogP contribution in [-0.4, -0.2) is 25.8 Å². The normalized spacial score (nSPS) is 18.9. The first kappa shape index (κ1) is 10.1. The number of carboxylic acid groups (broad SMARTS) is 1. The van der Waals surface area contributed by atoms with E-state index in [1.165, 1.54) is 0 Å². The first-order chi connectivity index (χ1) is 7.08. The minimum absolute atomic E-state index is 0.198. The SMILES string of the molecule is CC(C)c1nncn1C1(C(=O)O)CCC1. The fraction of sp³-hybridized carbons (Fsp3) is 0.700. The fourth-order valence-corrected chi connectivity index (χ4v) is 2.04. The van der Waals surface area contributed by atoms with Crippen LogP contribution in [0, 0.1) is 0 Å². The van der Waals surface area contributed by atoms with E-state index in [4.69, 9.17) is 0 Å². The Morgan fingerprint density at radius 2 is 2.27 bits per heavy atom. The van der Waals surface area contributed by atoms with Crippen molar-refractivity contribution >= 4 is 5.97 Å². The smallest absolute Gasteiger partial charge is 0.329 e. The van der Waals surface area contributed by atoms with E-state index in [0.29, 0.717) is 12.8 Å². The van der Waals surface area contributed by atoms with Gasteiger partial charge in [0.25, 0.3) is 0 Å². The quantitative estimate of drug-likeness (QED) is 0.816. The van der Waals surface area contributed by atoms with Crippen molar-refractivity contribution in [2.45, 2.75) is 44.6 Å². The van der Waals surface area contributed by atoms with Crippen LogP contribution < -0.4 is 0 Å². The van der Waals surface area contributed by atoms with E-state index in [1.807, 2.05) is 13.8 Å². The molecule has 0 aromatic carbocycles. The van der Waals surface area contributed by atoms with Crippen LogP contribution in [0.2, 0.25) is 0 Å². The molecule has 0 saturated heterocycles. The lowest BCUT2D eigenvalue weighted by Crippen LogP contribution is -2.48. The molecule has 0 radical (unpaired) electrons. The van der Waals surface area contributed by atoms with Crippen LogP contribution in [0.1, 0.15) is 44.9 Å². The minimum atomic E-state index is -0.775. The van der Waals surface area contributed by atoms with Crippen LogP contribution in [0.5, 0.6) is 0 Å². The predicted molar refractivity (Wildman–Crippen MR) is 53.6 cm³/mol. The van der Waals surface area contributed by atoms with Gasteiger partial charge in [-0.3, -0.25) is 0 Å². The summed E-state index contributed by atoms with van der Waals surface area (Å²) in [7, 11) is 0.